The zero-order valence-electron chi connectivity index (χ0n) is 13.7. The average molecular weight is 304 g/mol. The van der Waals surface area contributed by atoms with E-state index in [0.717, 1.165) is 25.3 Å². The van der Waals surface area contributed by atoms with E-state index < -0.39 is 9.84 Å². The van der Waals surface area contributed by atoms with E-state index in [1.54, 1.807) is 0 Å². The molecule has 1 unspecified atom stereocenters. The van der Waals surface area contributed by atoms with Crippen molar-refractivity contribution >= 4 is 9.84 Å². The van der Waals surface area contributed by atoms with Crippen molar-refractivity contribution in [3.8, 4) is 0 Å². The molecule has 20 heavy (non-hydrogen) atoms. The summed E-state index contributed by atoms with van der Waals surface area (Å²) in [5.74, 6) is 1.95. The van der Waals surface area contributed by atoms with E-state index in [4.69, 9.17) is 0 Å². The zero-order valence-corrected chi connectivity index (χ0v) is 14.6. The molecule has 0 heterocycles. The third-order valence-electron chi connectivity index (χ3n) is 4.28. The minimum atomic E-state index is -2.84. The number of sulfone groups is 1. The fourth-order valence-corrected chi connectivity index (χ4v) is 4.60. The van der Waals surface area contributed by atoms with Crippen LogP contribution in [-0.4, -0.2) is 32.0 Å². The molecule has 0 aromatic heterocycles. The van der Waals surface area contributed by atoms with Crippen molar-refractivity contribution in [1.29, 1.82) is 0 Å². The molecule has 1 fully saturated rings. The lowest BCUT2D eigenvalue weighted by Gasteiger charge is -2.29. The van der Waals surface area contributed by atoms with Gasteiger partial charge >= 0.3 is 0 Å². The van der Waals surface area contributed by atoms with Crippen molar-refractivity contribution in [3.05, 3.63) is 0 Å². The van der Waals surface area contributed by atoms with E-state index in [1.165, 1.54) is 25.7 Å². The Labute approximate surface area is 125 Å². The fraction of sp³-hybridized carbons (Fsp3) is 1.00. The number of nitrogens with one attached hydrogen (secondary N) is 1. The summed E-state index contributed by atoms with van der Waals surface area (Å²) in [6.07, 6.45) is 6.76. The third kappa shape index (κ3) is 7.07. The van der Waals surface area contributed by atoms with E-state index in [2.05, 4.69) is 26.1 Å². The van der Waals surface area contributed by atoms with Crippen LogP contribution in [-0.2, 0) is 9.84 Å². The van der Waals surface area contributed by atoms with Gasteiger partial charge in [-0.25, -0.2) is 8.42 Å². The first-order valence-corrected chi connectivity index (χ1v) is 10.0. The Balaban J connectivity index is 2.54. The predicted molar refractivity (Wildman–Crippen MR) is 86.8 cm³/mol. The largest absolute Gasteiger partial charge is 0.312 e. The first-order chi connectivity index (χ1) is 9.23. The fourth-order valence-electron chi connectivity index (χ4n) is 3.11. The minimum Gasteiger partial charge on any atom is -0.312 e. The predicted octanol–water partition coefficient (Wildman–Crippen LogP) is 3.40. The molecule has 0 aromatic carbocycles. The van der Waals surface area contributed by atoms with Gasteiger partial charge < -0.3 is 5.32 Å². The summed E-state index contributed by atoms with van der Waals surface area (Å²) >= 11 is 0. The van der Waals surface area contributed by atoms with E-state index in [0.29, 0.717) is 17.4 Å². The summed E-state index contributed by atoms with van der Waals surface area (Å²) in [5, 5.41) is 3.57. The van der Waals surface area contributed by atoms with E-state index in [1.807, 2.05) is 6.92 Å². The Morgan fingerprint density at radius 1 is 1.15 bits per heavy atom. The molecule has 0 spiro atoms. The van der Waals surface area contributed by atoms with Crippen LogP contribution in [0.15, 0.2) is 0 Å². The Morgan fingerprint density at radius 2 is 1.75 bits per heavy atom. The topological polar surface area (TPSA) is 46.2 Å². The Hall–Kier alpha value is -0.0900. The minimum absolute atomic E-state index is 0.110. The van der Waals surface area contributed by atoms with Gasteiger partial charge in [-0.3, -0.25) is 0 Å². The summed E-state index contributed by atoms with van der Waals surface area (Å²) in [7, 11) is -2.84. The van der Waals surface area contributed by atoms with Crippen molar-refractivity contribution in [2.75, 3.05) is 18.1 Å². The second kappa shape index (κ2) is 7.79. The molecule has 0 radical (unpaired) electrons. The van der Waals surface area contributed by atoms with Gasteiger partial charge in [0.1, 0.15) is 9.84 Å². The van der Waals surface area contributed by atoms with Gasteiger partial charge in [0, 0.05) is 11.3 Å². The highest BCUT2D eigenvalue weighted by molar-refractivity contribution is 7.91. The van der Waals surface area contributed by atoms with Gasteiger partial charge in [-0.1, -0.05) is 32.6 Å². The molecule has 0 bridgehead atoms. The van der Waals surface area contributed by atoms with Crippen molar-refractivity contribution in [1.82, 2.24) is 5.32 Å². The van der Waals surface area contributed by atoms with Crippen molar-refractivity contribution in [2.24, 2.45) is 11.8 Å². The second-order valence-corrected chi connectivity index (χ2v) is 9.68. The molecular formula is C16H33NO2S. The van der Waals surface area contributed by atoms with Crippen LogP contribution >= 0.6 is 0 Å². The maximum absolute atomic E-state index is 11.9. The SMILES string of the molecule is CCCS(=O)(=O)CCC(CNC(C)(C)C)C1CCCC1. The number of rotatable bonds is 8. The van der Waals surface area contributed by atoms with Crippen molar-refractivity contribution < 1.29 is 8.42 Å². The number of hydrogen-bond acceptors (Lipinski definition) is 3. The molecule has 0 amide bonds. The lowest BCUT2D eigenvalue weighted by molar-refractivity contribution is 0.282. The highest BCUT2D eigenvalue weighted by atomic mass is 32.2. The second-order valence-electron chi connectivity index (χ2n) is 7.38. The van der Waals surface area contributed by atoms with Gasteiger partial charge in [-0.05, 0) is 52.0 Å². The summed E-state index contributed by atoms with van der Waals surface area (Å²) in [6, 6.07) is 0. The molecule has 0 aromatic rings. The molecule has 4 heteroatoms. The molecule has 1 aliphatic carbocycles. The molecule has 1 aliphatic rings. The van der Waals surface area contributed by atoms with Crippen LogP contribution < -0.4 is 5.32 Å². The highest BCUT2D eigenvalue weighted by Gasteiger charge is 2.27. The van der Waals surface area contributed by atoms with Gasteiger partial charge in [0.2, 0.25) is 0 Å². The van der Waals surface area contributed by atoms with Crippen molar-refractivity contribution in [3.63, 3.8) is 0 Å². The van der Waals surface area contributed by atoms with E-state index >= 15 is 0 Å². The lowest BCUT2D eigenvalue weighted by atomic mass is 9.88. The summed E-state index contributed by atoms with van der Waals surface area (Å²) in [4.78, 5) is 0. The molecule has 1 rings (SSSR count). The highest BCUT2D eigenvalue weighted by Crippen LogP contribution is 2.33. The molecular weight excluding hydrogens is 270 g/mol. The maximum Gasteiger partial charge on any atom is 0.150 e. The van der Waals surface area contributed by atoms with Gasteiger partial charge in [0.15, 0.2) is 0 Å². The summed E-state index contributed by atoms with van der Waals surface area (Å²) < 4.78 is 23.9. The number of hydrogen-bond donors (Lipinski definition) is 1. The Bertz CT molecular complexity index is 364. The Morgan fingerprint density at radius 3 is 2.25 bits per heavy atom. The smallest absolute Gasteiger partial charge is 0.150 e. The quantitative estimate of drug-likeness (QED) is 0.747. The normalized spacial score (nSPS) is 19.4. The van der Waals surface area contributed by atoms with Crippen LogP contribution in [0.2, 0.25) is 0 Å². The summed E-state index contributed by atoms with van der Waals surface area (Å²) in [5.41, 5.74) is 0.110. The lowest BCUT2D eigenvalue weighted by Crippen LogP contribution is -2.41. The zero-order chi connectivity index (χ0) is 15.2. The van der Waals surface area contributed by atoms with Crippen LogP contribution in [0.3, 0.4) is 0 Å². The third-order valence-corrected chi connectivity index (χ3v) is 6.16. The monoisotopic (exact) mass is 303 g/mol. The maximum atomic E-state index is 11.9. The van der Waals surface area contributed by atoms with Crippen LogP contribution in [0, 0.1) is 11.8 Å². The van der Waals surface area contributed by atoms with Crippen LogP contribution in [0.5, 0.6) is 0 Å². The molecule has 1 saturated carbocycles. The van der Waals surface area contributed by atoms with Crippen LogP contribution in [0.1, 0.15) is 66.2 Å². The van der Waals surface area contributed by atoms with Gasteiger partial charge in [0.05, 0.1) is 5.75 Å². The molecule has 0 aliphatic heterocycles. The Kier molecular flexibility index (Phi) is 6.99. The molecule has 0 saturated heterocycles. The van der Waals surface area contributed by atoms with E-state index in [9.17, 15) is 8.42 Å². The van der Waals surface area contributed by atoms with Gasteiger partial charge in [-0.2, -0.15) is 0 Å². The standard InChI is InChI=1S/C16H33NO2S/c1-5-11-20(18,19)12-10-15(13-17-16(2,3)4)14-8-6-7-9-14/h14-15,17H,5-13H2,1-4H3. The molecule has 120 valence electrons. The summed E-state index contributed by atoms with van der Waals surface area (Å²) in [6.45, 7) is 9.41. The van der Waals surface area contributed by atoms with Crippen molar-refractivity contribution in [2.45, 2.75) is 71.8 Å². The van der Waals surface area contributed by atoms with Crippen LogP contribution in [0.4, 0.5) is 0 Å². The first-order valence-electron chi connectivity index (χ1n) is 8.19. The average Bonchev–Trinajstić information content (AvgIpc) is 2.81. The van der Waals surface area contributed by atoms with Gasteiger partial charge in [0.25, 0.3) is 0 Å². The van der Waals surface area contributed by atoms with Gasteiger partial charge in [-0.15, -0.1) is 0 Å². The van der Waals surface area contributed by atoms with Crippen LogP contribution in [0.25, 0.3) is 0 Å². The molecule has 1 N–H and O–H groups in total. The molecule has 3 nitrogen and oxygen atoms in total. The first kappa shape index (κ1) is 18.0. The van der Waals surface area contributed by atoms with E-state index in [-0.39, 0.29) is 5.54 Å². The molecule has 1 atom stereocenters.